The first-order valence-corrected chi connectivity index (χ1v) is 4.97. The lowest BCUT2D eigenvalue weighted by Crippen LogP contribution is -2.35. The van der Waals surface area contributed by atoms with Crippen LogP contribution in [0.25, 0.3) is 0 Å². The molecule has 1 atom stereocenters. The Hall–Kier alpha value is -0.570. The van der Waals surface area contributed by atoms with Crippen LogP contribution >= 0.6 is 0 Å². The van der Waals surface area contributed by atoms with Crippen LogP contribution in [-0.2, 0) is 4.79 Å². The fourth-order valence-corrected chi connectivity index (χ4v) is 1.89. The third-order valence-corrected chi connectivity index (χ3v) is 2.56. The molecule has 1 saturated heterocycles. The van der Waals surface area contributed by atoms with Crippen molar-refractivity contribution in [2.24, 2.45) is 5.92 Å². The molecule has 0 saturated carbocycles. The molecule has 1 rings (SSSR count). The Balaban J connectivity index is 2.50. The Morgan fingerprint density at radius 3 is 2.54 bits per heavy atom. The van der Waals surface area contributed by atoms with Gasteiger partial charge in [0.25, 0.3) is 0 Å². The molecule has 0 aromatic carbocycles. The first kappa shape index (κ1) is 10.5. The molecule has 0 aromatic heterocycles. The van der Waals surface area contributed by atoms with Crippen molar-refractivity contribution in [3.63, 3.8) is 0 Å². The molecule has 1 fully saturated rings. The summed E-state index contributed by atoms with van der Waals surface area (Å²) < 4.78 is 0. The Bertz CT molecular complexity index is 189. The highest BCUT2D eigenvalue weighted by Crippen LogP contribution is 2.20. The van der Waals surface area contributed by atoms with Crippen LogP contribution in [0.1, 0.15) is 20.3 Å². The molecule has 3 nitrogen and oxygen atoms in total. The number of amides is 1. The quantitative estimate of drug-likeness (QED) is 0.648. The van der Waals surface area contributed by atoms with Crippen molar-refractivity contribution < 1.29 is 4.79 Å². The molecule has 1 amide bonds. The van der Waals surface area contributed by atoms with E-state index in [9.17, 15) is 4.79 Å². The van der Waals surface area contributed by atoms with Gasteiger partial charge in [0.2, 0.25) is 5.91 Å². The Morgan fingerprint density at radius 1 is 1.54 bits per heavy atom. The zero-order valence-electron chi connectivity index (χ0n) is 9.08. The molecular formula is C10H20N2O. The van der Waals surface area contributed by atoms with Gasteiger partial charge in [-0.25, -0.2) is 0 Å². The van der Waals surface area contributed by atoms with Crippen LogP contribution in [0, 0.1) is 5.92 Å². The lowest BCUT2D eigenvalue weighted by atomic mass is 10.1. The SMILES string of the molecule is CC(C)N1CCC(CN(C)C)C1=O. The number of likely N-dealkylation sites (tertiary alicyclic amines) is 1. The second kappa shape index (κ2) is 4.09. The number of carbonyl (C=O) groups is 1. The minimum Gasteiger partial charge on any atom is -0.340 e. The second-order valence-electron chi connectivity index (χ2n) is 4.37. The lowest BCUT2D eigenvalue weighted by molar-refractivity contribution is -0.132. The third kappa shape index (κ3) is 2.44. The van der Waals surface area contributed by atoms with Crippen molar-refractivity contribution in [3.8, 4) is 0 Å². The molecule has 13 heavy (non-hydrogen) atoms. The van der Waals surface area contributed by atoms with Gasteiger partial charge in [0.05, 0.1) is 5.92 Å². The molecule has 1 heterocycles. The summed E-state index contributed by atoms with van der Waals surface area (Å²) in [7, 11) is 4.04. The molecule has 1 aliphatic heterocycles. The summed E-state index contributed by atoms with van der Waals surface area (Å²) in [5.74, 6) is 0.570. The molecule has 76 valence electrons. The van der Waals surface area contributed by atoms with Crippen molar-refractivity contribution >= 4 is 5.91 Å². The van der Waals surface area contributed by atoms with Crippen LogP contribution in [0.15, 0.2) is 0 Å². The maximum absolute atomic E-state index is 11.8. The van der Waals surface area contributed by atoms with Crippen molar-refractivity contribution in [2.75, 3.05) is 27.2 Å². The smallest absolute Gasteiger partial charge is 0.227 e. The maximum atomic E-state index is 11.8. The van der Waals surface area contributed by atoms with Gasteiger partial charge in [-0.15, -0.1) is 0 Å². The fourth-order valence-electron chi connectivity index (χ4n) is 1.89. The van der Waals surface area contributed by atoms with E-state index in [4.69, 9.17) is 0 Å². The molecular weight excluding hydrogens is 164 g/mol. The van der Waals surface area contributed by atoms with Gasteiger partial charge >= 0.3 is 0 Å². The van der Waals surface area contributed by atoms with E-state index < -0.39 is 0 Å². The Labute approximate surface area is 80.7 Å². The van der Waals surface area contributed by atoms with Gasteiger partial charge in [-0.3, -0.25) is 4.79 Å². The van der Waals surface area contributed by atoms with Crippen molar-refractivity contribution in [2.45, 2.75) is 26.3 Å². The summed E-state index contributed by atoms with van der Waals surface area (Å²) in [4.78, 5) is 15.9. The third-order valence-electron chi connectivity index (χ3n) is 2.56. The molecule has 0 aliphatic carbocycles. The van der Waals surface area contributed by atoms with E-state index >= 15 is 0 Å². The monoisotopic (exact) mass is 184 g/mol. The number of hydrogen-bond acceptors (Lipinski definition) is 2. The summed E-state index contributed by atoms with van der Waals surface area (Å²) in [5, 5.41) is 0. The van der Waals surface area contributed by atoms with Gasteiger partial charge in [-0.1, -0.05) is 0 Å². The summed E-state index contributed by atoms with van der Waals surface area (Å²) >= 11 is 0. The van der Waals surface area contributed by atoms with Crippen LogP contribution in [-0.4, -0.2) is 48.9 Å². The van der Waals surface area contributed by atoms with Gasteiger partial charge in [0, 0.05) is 19.1 Å². The number of hydrogen-bond donors (Lipinski definition) is 0. The minimum absolute atomic E-state index is 0.234. The highest BCUT2D eigenvalue weighted by Gasteiger charge is 2.32. The summed E-state index contributed by atoms with van der Waals surface area (Å²) in [6.45, 7) is 5.99. The Morgan fingerprint density at radius 2 is 2.15 bits per heavy atom. The van der Waals surface area contributed by atoms with E-state index in [1.165, 1.54) is 0 Å². The van der Waals surface area contributed by atoms with E-state index in [-0.39, 0.29) is 5.92 Å². The van der Waals surface area contributed by atoms with Crippen molar-refractivity contribution in [1.82, 2.24) is 9.80 Å². The van der Waals surface area contributed by atoms with E-state index in [0.717, 1.165) is 19.5 Å². The molecule has 1 aliphatic rings. The van der Waals surface area contributed by atoms with Crippen molar-refractivity contribution in [1.29, 1.82) is 0 Å². The van der Waals surface area contributed by atoms with Gasteiger partial charge < -0.3 is 9.80 Å². The van der Waals surface area contributed by atoms with E-state index in [2.05, 4.69) is 18.7 Å². The van der Waals surface area contributed by atoms with Crippen LogP contribution in [0.3, 0.4) is 0 Å². The zero-order chi connectivity index (χ0) is 10.0. The maximum Gasteiger partial charge on any atom is 0.227 e. The lowest BCUT2D eigenvalue weighted by Gasteiger charge is -2.21. The van der Waals surface area contributed by atoms with Gasteiger partial charge in [0.15, 0.2) is 0 Å². The molecule has 0 spiro atoms. The minimum atomic E-state index is 0.234. The molecule has 3 heteroatoms. The van der Waals surface area contributed by atoms with Gasteiger partial charge in [0.1, 0.15) is 0 Å². The van der Waals surface area contributed by atoms with Crippen LogP contribution in [0.4, 0.5) is 0 Å². The van der Waals surface area contributed by atoms with Crippen LogP contribution in [0.2, 0.25) is 0 Å². The molecule has 0 N–H and O–H groups in total. The first-order valence-electron chi connectivity index (χ1n) is 4.97. The fraction of sp³-hybridized carbons (Fsp3) is 0.900. The zero-order valence-corrected chi connectivity index (χ0v) is 9.08. The number of nitrogens with zero attached hydrogens (tertiary/aromatic N) is 2. The number of rotatable bonds is 3. The largest absolute Gasteiger partial charge is 0.340 e. The first-order chi connectivity index (χ1) is 6.02. The predicted molar refractivity (Wildman–Crippen MR) is 53.5 cm³/mol. The molecule has 1 unspecified atom stereocenters. The van der Waals surface area contributed by atoms with E-state index in [1.807, 2.05) is 19.0 Å². The topological polar surface area (TPSA) is 23.6 Å². The normalized spacial score (nSPS) is 23.7. The average molecular weight is 184 g/mol. The van der Waals surface area contributed by atoms with E-state index in [0.29, 0.717) is 11.9 Å². The summed E-state index contributed by atoms with van der Waals surface area (Å²) in [6, 6.07) is 0.361. The van der Waals surface area contributed by atoms with Gasteiger partial charge in [-0.05, 0) is 34.4 Å². The highest BCUT2D eigenvalue weighted by atomic mass is 16.2. The molecule has 0 bridgehead atoms. The summed E-state index contributed by atoms with van der Waals surface area (Å²) in [5.41, 5.74) is 0. The standard InChI is InChI=1S/C10H20N2O/c1-8(2)12-6-5-9(10(12)13)7-11(3)4/h8-9H,5-7H2,1-4H3. The van der Waals surface area contributed by atoms with E-state index in [1.54, 1.807) is 0 Å². The number of carbonyl (C=O) groups excluding carboxylic acids is 1. The molecule has 0 radical (unpaired) electrons. The Kier molecular flexibility index (Phi) is 3.31. The predicted octanol–water partition coefficient (Wildman–Crippen LogP) is 0.805. The second-order valence-corrected chi connectivity index (χ2v) is 4.37. The van der Waals surface area contributed by atoms with Crippen LogP contribution in [0.5, 0.6) is 0 Å². The van der Waals surface area contributed by atoms with Crippen LogP contribution < -0.4 is 0 Å². The average Bonchev–Trinajstić information content (AvgIpc) is 2.32. The van der Waals surface area contributed by atoms with Crippen molar-refractivity contribution in [3.05, 3.63) is 0 Å². The summed E-state index contributed by atoms with van der Waals surface area (Å²) in [6.07, 6.45) is 1.02. The highest BCUT2D eigenvalue weighted by molar-refractivity contribution is 5.81. The van der Waals surface area contributed by atoms with Gasteiger partial charge in [-0.2, -0.15) is 0 Å². The molecule has 0 aromatic rings.